The number of carbonyl (C=O) groups excluding carboxylic acids is 6. The zero-order chi connectivity index (χ0) is 28.9. The Morgan fingerprint density at radius 3 is 2.36 bits per heavy atom. The number of nitrogens with one attached hydrogen (secondary N) is 3. The van der Waals surface area contributed by atoms with Crippen LogP contribution in [0.3, 0.4) is 0 Å². The van der Waals surface area contributed by atoms with Crippen molar-refractivity contribution < 1.29 is 38.2 Å². The van der Waals surface area contributed by atoms with Crippen molar-refractivity contribution in [3.05, 3.63) is 29.3 Å². The SMILES string of the molecule is COC(=O)CC[C@H](NC(=O)[C@@H]1Cc2cccc3c2N1C(=O)[C@@H](NC(=O)[C@@H](NC(C)=O)C(C)C)CC3)C(=O)OC. The maximum Gasteiger partial charge on any atom is 0.328 e. The van der Waals surface area contributed by atoms with Crippen molar-refractivity contribution in [2.45, 2.75) is 77.0 Å². The van der Waals surface area contributed by atoms with E-state index in [-0.39, 0.29) is 31.1 Å². The predicted molar refractivity (Wildman–Crippen MR) is 139 cm³/mol. The van der Waals surface area contributed by atoms with Gasteiger partial charge in [-0.2, -0.15) is 0 Å². The van der Waals surface area contributed by atoms with E-state index in [0.29, 0.717) is 18.5 Å². The topological polar surface area (TPSA) is 160 Å². The van der Waals surface area contributed by atoms with Crippen molar-refractivity contribution >= 4 is 41.3 Å². The van der Waals surface area contributed by atoms with Crippen molar-refractivity contribution in [3.8, 4) is 0 Å². The highest BCUT2D eigenvalue weighted by Crippen LogP contribution is 2.39. The largest absolute Gasteiger partial charge is 0.469 e. The number of carbonyl (C=O) groups is 6. The Labute approximate surface area is 227 Å². The highest BCUT2D eigenvalue weighted by atomic mass is 16.5. The maximum absolute atomic E-state index is 13.9. The first-order valence-electron chi connectivity index (χ1n) is 12.9. The van der Waals surface area contributed by atoms with Crippen LogP contribution in [0.2, 0.25) is 0 Å². The molecule has 0 spiro atoms. The van der Waals surface area contributed by atoms with Gasteiger partial charge in [-0.15, -0.1) is 0 Å². The summed E-state index contributed by atoms with van der Waals surface area (Å²) < 4.78 is 9.42. The fourth-order valence-corrected chi connectivity index (χ4v) is 5.01. The molecule has 0 bridgehead atoms. The molecule has 0 aliphatic carbocycles. The van der Waals surface area contributed by atoms with E-state index in [4.69, 9.17) is 4.74 Å². The second-order valence-corrected chi connectivity index (χ2v) is 10.1. The van der Waals surface area contributed by atoms with Crippen molar-refractivity contribution in [2.24, 2.45) is 5.92 Å². The highest BCUT2D eigenvalue weighted by Gasteiger charge is 2.45. The van der Waals surface area contributed by atoms with Gasteiger partial charge < -0.3 is 25.4 Å². The summed E-state index contributed by atoms with van der Waals surface area (Å²) in [4.78, 5) is 77.4. The highest BCUT2D eigenvalue weighted by molar-refractivity contribution is 6.08. The third-order valence-corrected chi connectivity index (χ3v) is 7.00. The molecule has 212 valence electrons. The van der Waals surface area contributed by atoms with E-state index in [1.54, 1.807) is 13.8 Å². The lowest BCUT2D eigenvalue weighted by Crippen LogP contribution is -2.58. The molecule has 3 N–H and O–H groups in total. The first-order valence-corrected chi connectivity index (χ1v) is 12.9. The van der Waals surface area contributed by atoms with Crippen LogP contribution in [-0.4, -0.2) is 74.0 Å². The van der Waals surface area contributed by atoms with E-state index in [9.17, 15) is 28.8 Å². The molecule has 0 unspecified atom stereocenters. The van der Waals surface area contributed by atoms with E-state index < -0.39 is 53.8 Å². The van der Waals surface area contributed by atoms with Crippen molar-refractivity contribution in [1.29, 1.82) is 0 Å². The van der Waals surface area contributed by atoms with Crippen LogP contribution < -0.4 is 20.9 Å². The van der Waals surface area contributed by atoms with Gasteiger partial charge in [0.15, 0.2) is 0 Å². The van der Waals surface area contributed by atoms with Gasteiger partial charge in [0.25, 0.3) is 0 Å². The number of para-hydroxylation sites is 1. The summed E-state index contributed by atoms with van der Waals surface area (Å²) >= 11 is 0. The van der Waals surface area contributed by atoms with Crippen LogP contribution in [0.25, 0.3) is 0 Å². The fourth-order valence-electron chi connectivity index (χ4n) is 5.01. The number of benzene rings is 1. The van der Waals surface area contributed by atoms with E-state index in [0.717, 1.165) is 11.1 Å². The van der Waals surface area contributed by atoms with Crippen molar-refractivity contribution in [2.75, 3.05) is 19.1 Å². The lowest BCUT2D eigenvalue weighted by Gasteiger charge is -2.30. The van der Waals surface area contributed by atoms with Crippen LogP contribution in [0.4, 0.5) is 5.69 Å². The molecule has 4 atom stereocenters. The molecule has 2 heterocycles. The predicted octanol–water partition coefficient (Wildman–Crippen LogP) is 0.147. The quantitative estimate of drug-likeness (QED) is 0.351. The Bertz CT molecular complexity index is 1150. The summed E-state index contributed by atoms with van der Waals surface area (Å²) in [5, 5.41) is 8.04. The minimum Gasteiger partial charge on any atom is -0.469 e. The summed E-state index contributed by atoms with van der Waals surface area (Å²) in [5.41, 5.74) is 2.30. The number of methoxy groups -OCH3 is 2. The first kappa shape index (κ1) is 29.6. The van der Waals surface area contributed by atoms with Crippen LogP contribution in [0, 0.1) is 5.92 Å². The van der Waals surface area contributed by atoms with Gasteiger partial charge in [-0.25, -0.2) is 4.79 Å². The number of hydrogen-bond acceptors (Lipinski definition) is 8. The van der Waals surface area contributed by atoms with E-state index in [2.05, 4.69) is 20.7 Å². The third-order valence-electron chi connectivity index (χ3n) is 7.00. The Morgan fingerprint density at radius 2 is 1.74 bits per heavy atom. The molecule has 2 aliphatic rings. The Kier molecular flexibility index (Phi) is 9.66. The molecule has 2 aliphatic heterocycles. The number of aryl methyl sites for hydroxylation is 1. The van der Waals surface area contributed by atoms with Gasteiger partial charge >= 0.3 is 11.9 Å². The van der Waals surface area contributed by atoms with Gasteiger partial charge in [0.05, 0.1) is 19.9 Å². The van der Waals surface area contributed by atoms with E-state index in [1.807, 2.05) is 18.2 Å². The standard InChI is InChI=1S/C27H36N4O8/c1-14(2)22(28-15(3)32)25(35)29-18-10-9-16-7-6-8-17-13-20(31(23(16)17)26(18)36)24(34)30-19(27(37)39-5)11-12-21(33)38-4/h6-8,14,18-20,22H,9-13H2,1-5H3,(H,28,32)(H,29,35)(H,30,34)/t18-,19-,20-,22-/m0/s1. The van der Waals surface area contributed by atoms with Crippen LogP contribution in [-0.2, 0) is 51.1 Å². The molecule has 12 nitrogen and oxygen atoms in total. The smallest absolute Gasteiger partial charge is 0.328 e. The number of nitrogens with zero attached hydrogens (tertiary/aromatic N) is 1. The summed E-state index contributed by atoms with van der Waals surface area (Å²) in [6.07, 6.45) is 0.852. The second kappa shape index (κ2) is 12.7. The molecule has 3 rings (SSSR count). The lowest BCUT2D eigenvalue weighted by atomic mass is 10.00. The Morgan fingerprint density at radius 1 is 1.05 bits per heavy atom. The normalized spacial score (nSPS) is 19.3. The van der Waals surface area contributed by atoms with Crippen LogP contribution in [0.5, 0.6) is 0 Å². The molecule has 1 aromatic rings. The minimum absolute atomic E-state index is 0.0393. The third kappa shape index (κ3) is 6.73. The Hall–Kier alpha value is -3.96. The number of rotatable bonds is 10. The zero-order valence-electron chi connectivity index (χ0n) is 22.9. The fraction of sp³-hybridized carbons (Fsp3) is 0.556. The molecule has 0 aromatic heterocycles. The summed E-state index contributed by atoms with van der Waals surface area (Å²) in [5.74, 6) is -3.39. The van der Waals surface area contributed by atoms with Gasteiger partial charge in [0.1, 0.15) is 24.2 Å². The van der Waals surface area contributed by atoms with Crippen LogP contribution in [0.15, 0.2) is 18.2 Å². The number of hydrogen-bond donors (Lipinski definition) is 3. The lowest BCUT2D eigenvalue weighted by molar-refractivity contribution is -0.146. The summed E-state index contributed by atoms with van der Waals surface area (Å²) in [7, 11) is 2.40. The van der Waals surface area contributed by atoms with Crippen LogP contribution >= 0.6 is 0 Å². The van der Waals surface area contributed by atoms with E-state index >= 15 is 0 Å². The van der Waals surface area contributed by atoms with Crippen LogP contribution in [0.1, 0.15) is 51.2 Å². The zero-order valence-corrected chi connectivity index (χ0v) is 22.9. The van der Waals surface area contributed by atoms with Gasteiger partial charge in [0.2, 0.25) is 23.6 Å². The molecule has 12 heteroatoms. The number of ether oxygens (including phenoxy) is 2. The van der Waals surface area contributed by atoms with Crippen molar-refractivity contribution in [1.82, 2.24) is 16.0 Å². The van der Waals surface area contributed by atoms with Crippen molar-refractivity contribution in [3.63, 3.8) is 0 Å². The molecule has 1 aromatic carbocycles. The molecule has 0 saturated carbocycles. The molecule has 39 heavy (non-hydrogen) atoms. The summed E-state index contributed by atoms with van der Waals surface area (Å²) in [6, 6.07) is 1.72. The van der Waals surface area contributed by atoms with Gasteiger partial charge in [-0.05, 0) is 36.3 Å². The minimum atomic E-state index is -1.12. The van der Waals surface area contributed by atoms with Gasteiger partial charge in [0, 0.05) is 19.8 Å². The number of esters is 2. The van der Waals surface area contributed by atoms with Gasteiger partial charge in [-0.1, -0.05) is 32.0 Å². The molecule has 0 radical (unpaired) electrons. The molecule has 0 saturated heterocycles. The molecule has 4 amide bonds. The number of amides is 4. The molecular formula is C27H36N4O8. The first-order chi connectivity index (χ1) is 18.5. The summed E-state index contributed by atoms with van der Waals surface area (Å²) in [6.45, 7) is 4.89. The molecule has 0 fully saturated rings. The second-order valence-electron chi connectivity index (χ2n) is 10.1. The maximum atomic E-state index is 13.9. The monoisotopic (exact) mass is 544 g/mol. The average Bonchev–Trinajstić information content (AvgIpc) is 3.24. The number of anilines is 1. The van der Waals surface area contributed by atoms with E-state index in [1.165, 1.54) is 26.0 Å². The average molecular weight is 545 g/mol. The van der Waals surface area contributed by atoms with Gasteiger partial charge in [-0.3, -0.25) is 28.9 Å². The Balaban J connectivity index is 1.86. The molecular weight excluding hydrogens is 508 g/mol.